The highest BCUT2D eigenvalue weighted by Crippen LogP contribution is 2.40. The molecule has 0 saturated heterocycles. The van der Waals surface area contributed by atoms with Gasteiger partial charge in [-0.1, -0.05) is 6.07 Å². The number of hydrogen-bond acceptors (Lipinski definition) is 9. The zero-order valence-electron chi connectivity index (χ0n) is 12.0. The van der Waals surface area contributed by atoms with Crippen molar-refractivity contribution in [2.45, 2.75) is 0 Å². The first-order valence-corrected chi connectivity index (χ1v) is 6.33. The summed E-state index contributed by atoms with van der Waals surface area (Å²) >= 11 is 0. The Hall–Kier alpha value is -4.16. The molecule has 13 heteroatoms. The average Bonchev–Trinajstić information content (AvgIpc) is 2.54. The first kappa shape index (κ1) is 17.2. The molecule has 128 valence electrons. The van der Waals surface area contributed by atoms with Crippen LogP contribution < -0.4 is 5.32 Å². The summed E-state index contributed by atoms with van der Waals surface area (Å²) in [5.74, 6) is 0. The van der Waals surface area contributed by atoms with Crippen LogP contribution in [0.3, 0.4) is 0 Å². The average molecular weight is 349 g/mol. The Balaban J connectivity index is 2.64. The maximum atomic E-state index is 11.1. The number of rotatable bonds is 6. The zero-order chi connectivity index (χ0) is 18.7. The normalized spacial score (nSPS) is 10.1. The Morgan fingerprint density at radius 2 is 1.20 bits per heavy atom. The molecule has 0 aliphatic heterocycles. The first-order chi connectivity index (χ1) is 11.7. The van der Waals surface area contributed by atoms with E-state index >= 15 is 0 Å². The molecule has 0 unspecified atom stereocenters. The van der Waals surface area contributed by atoms with E-state index in [4.69, 9.17) is 0 Å². The number of hydrogen-bond donors (Lipinski definition) is 1. The highest BCUT2D eigenvalue weighted by atomic mass is 16.6. The molecule has 2 aromatic carbocycles. The lowest BCUT2D eigenvalue weighted by Gasteiger charge is -2.08. The fourth-order valence-corrected chi connectivity index (χ4v) is 1.96. The van der Waals surface area contributed by atoms with Crippen molar-refractivity contribution in [3.05, 3.63) is 76.9 Å². The summed E-state index contributed by atoms with van der Waals surface area (Å²) < 4.78 is 0. The lowest BCUT2D eigenvalue weighted by Crippen LogP contribution is -2.03. The molecule has 0 radical (unpaired) electrons. The molecule has 0 heterocycles. The van der Waals surface area contributed by atoms with Crippen molar-refractivity contribution in [1.82, 2.24) is 0 Å². The third kappa shape index (κ3) is 3.61. The second-order valence-corrected chi connectivity index (χ2v) is 4.56. The van der Waals surface area contributed by atoms with E-state index in [1.54, 1.807) is 0 Å². The topological polar surface area (TPSA) is 185 Å². The lowest BCUT2D eigenvalue weighted by molar-refractivity contribution is -0.401. The van der Waals surface area contributed by atoms with Gasteiger partial charge in [-0.25, -0.2) is 0 Å². The molecule has 0 atom stereocenters. The van der Waals surface area contributed by atoms with E-state index in [-0.39, 0.29) is 11.4 Å². The standard InChI is InChI=1S/C12H7N5O8/c18-14(19)8-3-1-2-7(4-8)13-12-10(16(22)23)5-9(15(20)21)6-11(12)17(24)25/h1-6,13H. The predicted octanol–water partition coefficient (Wildman–Crippen LogP) is 3.06. The fraction of sp³-hybridized carbons (Fsp3) is 0. The van der Waals surface area contributed by atoms with E-state index in [0.29, 0.717) is 12.1 Å². The Morgan fingerprint density at radius 1 is 0.680 bits per heavy atom. The van der Waals surface area contributed by atoms with Crippen molar-refractivity contribution < 1.29 is 19.7 Å². The van der Waals surface area contributed by atoms with Crippen LogP contribution in [0.1, 0.15) is 0 Å². The summed E-state index contributed by atoms with van der Waals surface area (Å²) in [6.45, 7) is 0. The highest BCUT2D eigenvalue weighted by molar-refractivity contribution is 5.81. The smallest absolute Gasteiger partial charge is 0.306 e. The minimum atomic E-state index is -1.03. The van der Waals surface area contributed by atoms with E-state index in [2.05, 4.69) is 5.32 Å². The van der Waals surface area contributed by atoms with Crippen molar-refractivity contribution >= 4 is 34.1 Å². The largest absolute Gasteiger partial charge is 0.344 e. The van der Waals surface area contributed by atoms with Gasteiger partial charge >= 0.3 is 11.4 Å². The number of benzene rings is 2. The van der Waals surface area contributed by atoms with E-state index in [1.165, 1.54) is 12.1 Å². The van der Waals surface area contributed by atoms with E-state index in [0.717, 1.165) is 12.1 Å². The van der Waals surface area contributed by atoms with Crippen molar-refractivity contribution in [3.8, 4) is 0 Å². The van der Waals surface area contributed by atoms with E-state index in [1.807, 2.05) is 0 Å². The summed E-state index contributed by atoms with van der Waals surface area (Å²) in [6, 6.07) is 5.85. The molecule has 0 amide bonds. The Labute approximate surface area is 137 Å². The molecule has 0 aliphatic rings. The number of non-ortho nitro benzene ring substituents is 2. The van der Waals surface area contributed by atoms with Crippen LogP contribution in [0.2, 0.25) is 0 Å². The summed E-state index contributed by atoms with van der Waals surface area (Å²) in [7, 11) is 0. The van der Waals surface area contributed by atoms with Crippen LogP contribution in [0.4, 0.5) is 34.1 Å². The fourth-order valence-electron chi connectivity index (χ4n) is 1.96. The third-order valence-electron chi connectivity index (χ3n) is 3.01. The van der Waals surface area contributed by atoms with Crippen molar-refractivity contribution in [3.63, 3.8) is 0 Å². The molecule has 0 saturated carbocycles. The van der Waals surface area contributed by atoms with Gasteiger partial charge in [0, 0.05) is 17.8 Å². The Kier molecular flexibility index (Phi) is 4.49. The van der Waals surface area contributed by atoms with Gasteiger partial charge in [0.1, 0.15) is 0 Å². The third-order valence-corrected chi connectivity index (χ3v) is 3.01. The van der Waals surface area contributed by atoms with Crippen LogP contribution in [0.15, 0.2) is 36.4 Å². The van der Waals surface area contributed by atoms with Gasteiger partial charge in [0.05, 0.1) is 31.8 Å². The van der Waals surface area contributed by atoms with Crippen LogP contribution >= 0.6 is 0 Å². The quantitative estimate of drug-likeness (QED) is 0.604. The van der Waals surface area contributed by atoms with Gasteiger partial charge in [0.15, 0.2) is 5.69 Å². The summed E-state index contributed by atoms with van der Waals surface area (Å²) in [5, 5.41) is 46.2. The van der Waals surface area contributed by atoms with Gasteiger partial charge < -0.3 is 5.32 Å². The molecule has 0 fully saturated rings. The van der Waals surface area contributed by atoms with Crippen LogP contribution in [0.5, 0.6) is 0 Å². The molecule has 13 nitrogen and oxygen atoms in total. The molecule has 0 bridgehead atoms. The summed E-state index contributed by atoms with van der Waals surface area (Å²) in [4.78, 5) is 40.1. The minimum absolute atomic E-state index is 0.0331. The summed E-state index contributed by atoms with van der Waals surface area (Å²) in [6.07, 6.45) is 0. The van der Waals surface area contributed by atoms with Gasteiger partial charge in [0.25, 0.3) is 11.4 Å². The Morgan fingerprint density at radius 3 is 1.64 bits per heavy atom. The maximum absolute atomic E-state index is 11.1. The first-order valence-electron chi connectivity index (χ1n) is 6.33. The number of nitrogens with one attached hydrogen (secondary N) is 1. The van der Waals surface area contributed by atoms with E-state index < -0.39 is 42.4 Å². The lowest BCUT2D eigenvalue weighted by atomic mass is 10.2. The second-order valence-electron chi connectivity index (χ2n) is 4.56. The summed E-state index contributed by atoms with van der Waals surface area (Å²) in [5.41, 5.74) is -3.66. The molecule has 1 N–H and O–H groups in total. The second kappa shape index (κ2) is 6.53. The minimum Gasteiger partial charge on any atom is -0.344 e. The zero-order valence-corrected chi connectivity index (χ0v) is 12.0. The molecule has 2 rings (SSSR count). The van der Waals surface area contributed by atoms with Crippen molar-refractivity contribution in [2.24, 2.45) is 0 Å². The molecule has 2 aromatic rings. The number of nitro benzene ring substituents is 4. The van der Waals surface area contributed by atoms with Gasteiger partial charge in [-0.15, -0.1) is 0 Å². The van der Waals surface area contributed by atoms with E-state index in [9.17, 15) is 40.5 Å². The van der Waals surface area contributed by atoms with Crippen LogP contribution in [0.25, 0.3) is 0 Å². The van der Waals surface area contributed by atoms with Crippen molar-refractivity contribution in [2.75, 3.05) is 5.32 Å². The molecule has 25 heavy (non-hydrogen) atoms. The number of nitrogens with zero attached hydrogens (tertiary/aromatic N) is 4. The van der Waals surface area contributed by atoms with Crippen LogP contribution in [-0.4, -0.2) is 19.7 Å². The monoisotopic (exact) mass is 349 g/mol. The predicted molar refractivity (Wildman–Crippen MR) is 82.8 cm³/mol. The Bertz CT molecular complexity index is 877. The SMILES string of the molecule is O=[N+]([O-])c1cccc(Nc2c([N+](=O)[O-])cc([N+](=O)[O-])cc2[N+](=O)[O-])c1. The maximum Gasteiger partial charge on any atom is 0.306 e. The molecular formula is C12H7N5O8. The highest BCUT2D eigenvalue weighted by Gasteiger charge is 2.30. The number of anilines is 2. The molecular weight excluding hydrogens is 342 g/mol. The van der Waals surface area contributed by atoms with Gasteiger partial charge in [-0.2, -0.15) is 0 Å². The van der Waals surface area contributed by atoms with Gasteiger partial charge in [-0.05, 0) is 6.07 Å². The molecule has 0 aliphatic carbocycles. The van der Waals surface area contributed by atoms with Crippen molar-refractivity contribution in [1.29, 1.82) is 0 Å². The molecule has 0 spiro atoms. The number of nitro groups is 4. The molecule has 0 aromatic heterocycles. The van der Waals surface area contributed by atoms with Gasteiger partial charge in [0.2, 0.25) is 0 Å². The van der Waals surface area contributed by atoms with Gasteiger partial charge in [-0.3, -0.25) is 40.5 Å². The van der Waals surface area contributed by atoms with Crippen LogP contribution in [0, 0.1) is 40.5 Å². The van der Waals surface area contributed by atoms with Crippen LogP contribution in [-0.2, 0) is 0 Å².